The molecule has 120 valence electrons. The zero-order valence-corrected chi connectivity index (χ0v) is 14.1. The van der Waals surface area contributed by atoms with Crippen LogP contribution in [0.2, 0.25) is 0 Å². The first-order chi connectivity index (χ1) is 11.7. The number of pyridine rings is 1. The second kappa shape index (κ2) is 6.26. The second-order valence-corrected chi connectivity index (χ2v) is 6.89. The molecule has 0 aliphatic carbocycles. The standard InChI is InChI=1S/C17H12N2O3S2/c20-16-15(8-12-3-1-2-6-18-12)24-17(23)19(16)9-11-4-5-13-14(7-11)22-10-21-13/h1-8H,9-10H2. The minimum Gasteiger partial charge on any atom is -0.454 e. The summed E-state index contributed by atoms with van der Waals surface area (Å²) in [5.74, 6) is 1.31. The first-order valence-electron chi connectivity index (χ1n) is 7.25. The molecule has 5 nitrogen and oxygen atoms in total. The van der Waals surface area contributed by atoms with E-state index in [9.17, 15) is 4.79 Å². The molecule has 24 heavy (non-hydrogen) atoms. The van der Waals surface area contributed by atoms with Gasteiger partial charge in [-0.1, -0.05) is 36.1 Å². The van der Waals surface area contributed by atoms with Crippen molar-refractivity contribution < 1.29 is 14.3 Å². The number of amides is 1. The number of rotatable bonds is 3. The van der Waals surface area contributed by atoms with Gasteiger partial charge in [0.2, 0.25) is 6.79 Å². The molecule has 2 aromatic rings. The van der Waals surface area contributed by atoms with Crippen LogP contribution >= 0.6 is 24.0 Å². The minimum absolute atomic E-state index is 0.103. The Hall–Kier alpha value is -2.38. The van der Waals surface area contributed by atoms with Gasteiger partial charge in [0, 0.05) is 6.20 Å². The zero-order valence-electron chi connectivity index (χ0n) is 12.5. The molecule has 3 heterocycles. The number of thiocarbonyl (C=S) groups is 1. The average Bonchev–Trinajstić information content (AvgIpc) is 3.16. The van der Waals surface area contributed by atoms with Gasteiger partial charge >= 0.3 is 0 Å². The van der Waals surface area contributed by atoms with Gasteiger partial charge in [-0.05, 0) is 35.9 Å². The third-order valence-corrected chi connectivity index (χ3v) is 5.00. The van der Waals surface area contributed by atoms with Gasteiger partial charge < -0.3 is 9.47 Å². The SMILES string of the molecule is O=C1C(=Cc2ccccn2)SC(=S)N1Cc1ccc2c(c1)OCO2. The highest BCUT2D eigenvalue weighted by Gasteiger charge is 2.32. The molecule has 0 saturated carbocycles. The molecule has 1 saturated heterocycles. The summed E-state index contributed by atoms with van der Waals surface area (Å²) < 4.78 is 11.2. The van der Waals surface area contributed by atoms with Crippen molar-refractivity contribution in [3.63, 3.8) is 0 Å². The van der Waals surface area contributed by atoms with Crippen molar-refractivity contribution in [3.8, 4) is 11.5 Å². The summed E-state index contributed by atoms with van der Waals surface area (Å²) in [6.07, 6.45) is 3.46. The normalized spacial score (nSPS) is 17.8. The van der Waals surface area contributed by atoms with E-state index in [1.54, 1.807) is 17.2 Å². The molecular formula is C17H12N2O3S2. The van der Waals surface area contributed by atoms with Crippen molar-refractivity contribution >= 4 is 40.3 Å². The van der Waals surface area contributed by atoms with Crippen LogP contribution in [0, 0.1) is 0 Å². The Morgan fingerprint density at radius 1 is 1.25 bits per heavy atom. The predicted molar refractivity (Wildman–Crippen MR) is 95.5 cm³/mol. The van der Waals surface area contributed by atoms with Crippen LogP contribution in [0.15, 0.2) is 47.5 Å². The summed E-state index contributed by atoms with van der Waals surface area (Å²) in [4.78, 5) is 19.0. The Labute approximate surface area is 148 Å². The van der Waals surface area contributed by atoms with Crippen LogP contribution in [-0.2, 0) is 11.3 Å². The molecule has 1 fully saturated rings. The average molecular weight is 356 g/mol. The summed E-state index contributed by atoms with van der Waals surface area (Å²) in [5.41, 5.74) is 1.68. The Bertz CT molecular complexity index is 852. The predicted octanol–water partition coefficient (Wildman–Crippen LogP) is 3.21. The molecule has 0 atom stereocenters. The third kappa shape index (κ3) is 2.88. The fraction of sp³-hybridized carbons (Fsp3) is 0.118. The maximum atomic E-state index is 12.6. The number of benzene rings is 1. The van der Waals surface area contributed by atoms with E-state index in [-0.39, 0.29) is 12.7 Å². The lowest BCUT2D eigenvalue weighted by molar-refractivity contribution is -0.122. The van der Waals surface area contributed by atoms with E-state index in [0.29, 0.717) is 21.5 Å². The number of aromatic nitrogens is 1. The zero-order chi connectivity index (χ0) is 16.5. The molecule has 0 bridgehead atoms. The number of carbonyl (C=O) groups excluding carboxylic acids is 1. The lowest BCUT2D eigenvalue weighted by Crippen LogP contribution is -2.27. The van der Waals surface area contributed by atoms with E-state index < -0.39 is 0 Å². The number of hydrogen-bond donors (Lipinski definition) is 0. The van der Waals surface area contributed by atoms with Crippen molar-refractivity contribution in [1.82, 2.24) is 9.88 Å². The van der Waals surface area contributed by atoms with E-state index in [0.717, 1.165) is 17.0 Å². The van der Waals surface area contributed by atoms with E-state index in [1.807, 2.05) is 36.4 Å². The Morgan fingerprint density at radius 3 is 2.96 bits per heavy atom. The third-order valence-electron chi connectivity index (χ3n) is 3.62. The second-order valence-electron chi connectivity index (χ2n) is 5.21. The van der Waals surface area contributed by atoms with Crippen LogP contribution in [0.25, 0.3) is 6.08 Å². The molecule has 1 aromatic carbocycles. The summed E-state index contributed by atoms with van der Waals surface area (Å²) in [7, 11) is 0. The number of carbonyl (C=O) groups is 1. The van der Waals surface area contributed by atoms with Gasteiger partial charge in [0.1, 0.15) is 4.32 Å². The van der Waals surface area contributed by atoms with Crippen molar-refractivity contribution in [3.05, 3.63) is 58.8 Å². The molecule has 0 spiro atoms. The van der Waals surface area contributed by atoms with Gasteiger partial charge in [0.15, 0.2) is 11.5 Å². The van der Waals surface area contributed by atoms with Crippen LogP contribution in [0.1, 0.15) is 11.3 Å². The molecule has 0 radical (unpaired) electrons. The maximum absolute atomic E-state index is 12.6. The first-order valence-corrected chi connectivity index (χ1v) is 8.48. The monoisotopic (exact) mass is 356 g/mol. The van der Waals surface area contributed by atoms with E-state index in [1.165, 1.54) is 11.8 Å². The summed E-state index contributed by atoms with van der Waals surface area (Å²) in [5, 5.41) is 0. The lowest BCUT2D eigenvalue weighted by atomic mass is 10.2. The highest BCUT2D eigenvalue weighted by molar-refractivity contribution is 8.26. The van der Waals surface area contributed by atoms with E-state index >= 15 is 0 Å². The quantitative estimate of drug-likeness (QED) is 0.622. The van der Waals surface area contributed by atoms with Crippen molar-refractivity contribution in [2.45, 2.75) is 6.54 Å². The highest BCUT2D eigenvalue weighted by Crippen LogP contribution is 2.36. The van der Waals surface area contributed by atoms with Crippen LogP contribution in [0.3, 0.4) is 0 Å². The van der Waals surface area contributed by atoms with Gasteiger partial charge in [0.25, 0.3) is 5.91 Å². The fourth-order valence-corrected chi connectivity index (χ4v) is 3.69. The van der Waals surface area contributed by atoms with E-state index in [4.69, 9.17) is 21.7 Å². The van der Waals surface area contributed by atoms with Crippen LogP contribution in [-0.4, -0.2) is 26.9 Å². The molecule has 2 aliphatic rings. The van der Waals surface area contributed by atoms with Crippen molar-refractivity contribution in [2.75, 3.05) is 6.79 Å². The Kier molecular flexibility index (Phi) is 3.95. The van der Waals surface area contributed by atoms with E-state index in [2.05, 4.69) is 4.98 Å². The fourth-order valence-electron chi connectivity index (χ4n) is 2.45. The van der Waals surface area contributed by atoms with Crippen LogP contribution in [0.4, 0.5) is 0 Å². The molecule has 2 aliphatic heterocycles. The Balaban J connectivity index is 1.55. The first kappa shape index (κ1) is 15.2. The smallest absolute Gasteiger partial charge is 0.266 e. The molecule has 1 amide bonds. The van der Waals surface area contributed by atoms with Crippen molar-refractivity contribution in [2.24, 2.45) is 0 Å². The minimum atomic E-state index is -0.103. The maximum Gasteiger partial charge on any atom is 0.266 e. The highest BCUT2D eigenvalue weighted by atomic mass is 32.2. The summed E-state index contributed by atoms with van der Waals surface area (Å²) >= 11 is 6.65. The van der Waals surface area contributed by atoms with Gasteiger partial charge in [-0.2, -0.15) is 0 Å². The largest absolute Gasteiger partial charge is 0.454 e. The molecule has 0 unspecified atom stereocenters. The van der Waals surface area contributed by atoms with Crippen LogP contribution in [0.5, 0.6) is 11.5 Å². The number of thioether (sulfide) groups is 1. The summed E-state index contributed by atoms with van der Waals surface area (Å²) in [6, 6.07) is 11.2. The molecule has 7 heteroatoms. The topological polar surface area (TPSA) is 51.7 Å². The van der Waals surface area contributed by atoms with Gasteiger partial charge in [-0.3, -0.25) is 14.7 Å². The summed E-state index contributed by atoms with van der Waals surface area (Å²) in [6.45, 7) is 0.632. The molecule has 4 rings (SSSR count). The Morgan fingerprint density at radius 2 is 2.12 bits per heavy atom. The molecular weight excluding hydrogens is 344 g/mol. The number of ether oxygens (including phenoxy) is 2. The lowest BCUT2D eigenvalue weighted by Gasteiger charge is -2.14. The van der Waals surface area contributed by atoms with Gasteiger partial charge in [-0.15, -0.1) is 0 Å². The molecule has 1 aromatic heterocycles. The van der Waals surface area contributed by atoms with Crippen molar-refractivity contribution in [1.29, 1.82) is 0 Å². The van der Waals surface area contributed by atoms with Gasteiger partial charge in [-0.25, -0.2) is 0 Å². The number of fused-ring (bicyclic) bond motifs is 1. The number of hydrogen-bond acceptors (Lipinski definition) is 6. The van der Waals surface area contributed by atoms with Gasteiger partial charge in [0.05, 0.1) is 17.1 Å². The van der Waals surface area contributed by atoms with Crippen LogP contribution < -0.4 is 9.47 Å². The molecule has 0 N–H and O–H groups in total. The number of nitrogens with zero attached hydrogens (tertiary/aromatic N) is 2.